The molecular formula is C17H19N3O. The van der Waals surface area contributed by atoms with E-state index in [2.05, 4.69) is 12.1 Å². The largest absolute Gasteiger partial charge is 0.314 e. The van der Waals surface area contributed by atoms with Gasteiger partial charge in [-0.05, 0) is 31.0 Å². The highest BCUT2D eigenvalue weighted by Gasteiger charge is 2.41. The predicted octanol–water partition coefficient (Wildman–Crippen LogP) is 3.39. The molecule has 0 heterocycles. The van der Waals surface area contributed by atoms with E-state index in [1.807, 2.05) is 0 Å². The van der Waals surface area contributed by atoms with Crippen molar-refractivity contribution in [1.82, 2.24) is 0 Å². The van der Waals surface area contributed by atoms with E-state index >= 15 is 0 Å². The molecule has 0 aliphatic heterocycles. The summed E-state index contributed by atoms with van der Waals surface area (Å²) in [6.45, 7) is 0. The molecule has 2 rings (SSSR count). The van der Waals surface area contributed by atoms with Crippen LogP contribution in [0.3, 0.4) is 0 Å². The molecule has 1 aromatic carbocycles. The van der Waals surface area contributed by atoms with E-state index in [1.54, 1.807) is 31.3 Å². The first-order valence-corrected chi connectivity index (χ1v) is 7.32. The summed E-state index contributed by atoms with van der Waals surface area (Å²) in [6.07, 6.45) is 5.28. The first-order chi connectivity index (χ1) is 10.1. The Labute approximate surface area is 125 Å². The number of carbonyl (C=O) groups is 1. The Hall–Kier alpha value is -2.33. The van der Waals surface area contributed by atoms with Gasteiger partial charge in [0.25, 0.3) is 0 Å². The minimum Gasteiger partial charge on any atom is -0.314 e. The minimum atomic E-state index is -0.909. The first-order valence-electron chi connectivity index (χ1n) is 7.32. The van der Waals surface area contributed by atoms with Crippen LogP contribution in [-0.2, 0) is 4.79 Å². The molecule has 0 aromatic heterocycles. The number of nitrogens with zero attached hydrogens (tertiary/aromatic N) is 3. The second-order valence-corrected chi connectivity index (χ2v) is 5.63. The van der Waals surface area contributed by atoms with Crippen LogP contribution in [0.25, 0.3) is 0 Å². The van der Waals surface area contributed by atoms with Gasteiger partial charge >= 0.3 is 0 Å². The normalized spacial score (nSPS) is 17.1. The Bertz CT molecular complexity index is 601. The van der Waals surface area contributed by atoms with Crippen LogP contribution >= 0.6 is 0 Å². The van der Waals surface area contributed by atoms with Gasteiger partial charge in [-0.1, -0.05) is 31.7 Å². The monoisotopic (exact) mass is 281 g/mol. The SMILES string of the molecule is CN(C(=O)C1(C#N)CCCCCC1)c1cccc(C#N)c1. The summed E-state index contributed by atoms with van der Waals surface area (Å²) in [4.78, 5) is 14.3. The Morgan fingerprint density at radius 3 is 2.43 bits per heavy atom. The standard InChI is InChI=1S/C17H19N3O/c1-20(15-8-6-7-14(11-15)12-18)16(21)17(13-19)9-4-2-3-5-10-17/h6-8,11H,2-5,9-10H2,1H3. The lowest BCUT2D eigenvalue weighted by Gasteiger charge is -2.29. The van der Waals surface area contributed by atoms with Crippen molar-refractivity contribution >= 4 is 11.6 Å². The lowest BCUT2D eigenvalue weighted by atomic mass is 9.80. The van der Waals surface area contributed by atoms with Gasteiger partial charge in [-0.15, -0.1) is 0 Å². The fourth-order valence-corrected chi connectivity index (χ4v) is 2.93. The predicted molar refractivity (Wildman–Crippen MR) is 80.3 cm³/mol. The van der Waals surface area contributed by atoms with Crippen molar-refractivity contribution in [2.45, 2.75) is 38.5 Å². The van der Waals surface area contributed by atoms with Gasteiger partial charge < -0.3 is 4.90 Å². The van der Waals surface area contributed by atoms with Crippen LogP contribution < -0.4 is 4.90 Å². The van der Waals surface area contributed by atoms with Gasteiger partial charge in [-0.25, -0.2) is 0 Å². The summed E-state index contributed by atoms with van der Waals surface area (Å²) in [5, 5.41) is 18.5. The zero-order valence-electron chi connectivity index (χ0n) is 12.3. The van der Waals surface area contributed by atoms with Crippen LogP contribution in [0.5, 0.6) is 0 Å². The number of nitriles is 2. The Balaban J connectivity index is 2.28. The molecule has 0 saturated heterocycles. The average Bonchev–Trinajstić information content (AvgIpc) is 2.80. The van der Waals surface area contributed by atoms with Crippen LogP contribution in [-0.4, -0.2) is 13.0 Å². The number of benzene rings is 1. The quantitative estimate of drug-likeness (QED) is 0.780. The van der Waals surface area contributed by atoms with E-state index in [4.69, 9.17) is 5.26 Å². The summed E-state index contributed by atoms with van der Waals surface area (Å²) < 4.78 is 0. The smallest absolute Gasteiger partial charge is 0.247 e. The molecule has 4 nitrogen and oxygen atoms in total. The van der Waals surface area contributed by atoms with Crippen molar-refractivity contribution < 1.29 is 4.79 Å². The van der Waals surface area contributed by atoms with Gasteiger partial charge in [-0.3, -0.25) is 4.79 Å². The zero-order chi connectivity index (χ0) is 15.3. The molecule has 4 heteroatoms. The second-order valence-electron chi connectivity index (χ2n) is 5.63. The van der Waals surface area contributed by atoms with Crippen molar-refractivity contribution in [3.8, 4) is 12.1 Å². The molecule has 1 saturated carbocycles. The van der Waals surface area contributed by atoms with Gasteiger partial charge in [0.05, 0.1) is 17.7 Å². The van der Waals surface area contributed by atoms with Crippen LogP contribution in [0.2, 0.25) is 0 Å². The number of hydrogen-bond donors (Lipinski definition) is 0. The Morgan fingerprint density at radius 2 is 1.86 bits per heavy atom. The number of carbonyl (C=O) groups excluding carboxylic acids is 1. The lowest BCUT2D eigenvalue weighted by Crippen LogP contribution is -2.41. The van der Waals surface area contributed by atoms with Crippen molar-refractivity contribution in [3.63, 3.8) is 0 Å². The number of rotatable bonds is 2. The highest BCUT2D eigenvalue weighted by Crippen LogP contribution is 2.37. The van der Waals surface area contributed by atoms with Crippen molar-refractivity contribution in [2.24, 2.45) is 5.41 Å². The summed E-state index contributed by atoms with van der Waals surface area (Å²) in [5.41, 5.74) is 0.269. The van der Waals surface area contributed by atoms with E-state index in [9.17, 15) is 10.1 Å². The van der Waals surface area contributed by atoms with Crippen molar-refractivity contribution in [3.05, 3.63) is 29.8 Å². The summed E-state index contributed by atoms with van der Waals surface area (Å²) in [5.74, 6) is -0.151. The molecule has 21 heavy (non-hydrogen) atoms. The first kappa shape index (κ1) is 15.1. The fourth-order valence-electron chi connectivity index (χ4n) is 2.93. The second kappa shape index (κ2) is 6.41. The molecule has 108 valence electrons. The van der Waals surface area contributed by atoms with Crippen LogP contribution in [0.1, 0.15) is 44.1 Å². The third-order valence-corrected chi connectivity index (χ3v) is 4.25. The highest BCUT2D eigenvalue weighted by molar-refractivity contribution is 5.99. The lowest BCUT2D eigenvalue weighted by molar-refractivity contribution is -0.125. The van der Waals surface area contributed by atoms with Gasteiger partial charge in [0, 0.05) is 12.7 Å². The van der Waals surface area contributed by atoms with Gasteiger partial charge in [0.1, 0.15) is 5.41 Å². The van der Waals surface area contributed by atoms with Gasteiger partial charge in [0.2, 0.25) is 5.91 Å². The molecular weight excluding hydrogens is 262 g/mol. The third kappa shape index (κ3) is 3.06. The van der Waals surface area contributed by atoms with Crippen LogP contribution in [0, 0.1) is 28.1 Å². The summed E-state index contributed by atoms with van der Waals surface area (Å²) >= 11 is 0. The maximum Gasteiger partial charge on any atom is 0.247 e. The molecule has 1 aliphatic carbocycles. The highest BCUT2D eigenvalue weighted by atomic mass is 16.2. The summed E-state index contributed by atoms with van der Waals surface area (Å²) in [6, 6.07) is 11.3. The van der Waals surface area contributed by atoms with Gasteiger partial charge in [-0.2, -0.15) is 10.5 Å². The number of amides is 1. The van der Waals surface area contributed by atoms with Gasteiger partial charge in [0.15, 0.2) is 0 Å². The maximum absolute atomic E-state index is 12.8. The average molecular weight is 281 g/mol. The molecule has 0 N–H and O–H groups in total. The van der Waals surface area contributed by atoms with Crippen molar-refractivity contribution in [1.29, 1.82) is 10.5 Å². The molecule has 1 aromatic rings. The molecule has 1 aliphatic rings. The number of hydrogen-bond acceptors (Lipinski definition) is 3. The van der Waals surface area contributed by atoms with E-state index in [1.165, 1.54) is 4.90 Å². The molecule has 0 unspecified atom stereocenters. The van der Waals surface area contributed by atoms with E-state index in [0.717, 1.165) is 25.7 Å². The Kier molecular flexibility index (Phi) is 4.60. The van der Waals surface area contributed by atoms with E-state index in [0.29, 0.717) is 24.1 Å². The molecule has 0 radical (unpaired) electrons. The third-order valence-electron chi connectivity index (χ3n) is 4.25. The number of anilines is 1. The van der Waals surface area contributed by atoms with Crippen LogP contribution in [0.15, 0.2) is 24.3 Å². The van der Waals surface area contributed by atoms with E-state index < -0.39 is 5.41 Å². The zero-order valence-corrected chi connectivity index (χ0v) is 12.3. The molecule has 1 amide bonds. The maximum atomic E-state index is 12.8. The molecule has 0 spiro atoms. The molecule has 0 bridgehead atoms. The topological polar surface area (TPSA) is 67.9 Å². The molecule has 0 atom stereocenters. The van der Waals surface area contributed by atoms with Crippen LogP contribution in [0.4, 0.5) is 5.69 Å². The Morgan fingerprint density at radius 1 is 1.19 bits per heavy atom. The summed E-state index contributed by atoms with van der Waals surface area (Å²) in [7, 11) is 1.68. The fraction of sp³-hybridized carbons (Fsp3) is 0.471. The van der Waals surface area contributed by atoms with Crippen molar-refractivity contribution in [2.75, 3.05) is 11.9 Å². The van der Waals surface area contributed by atoms with E-state index in [-0.39, 0.29) is 5.91 Å². The molecule has 1 fully saturated rings. The minimum absolute atomic E-state index is 0.151.